The van der Waals surface area contributed by atoms with Crippen LogP contribution >= 0.6 is 0 Å². The molecule has 0 aliphatic rings. The largest absolute Gasteiger partial charge is 0.484 e. The van der Waals surface area contributed by atoms with Gasteiger partial charge in [0.15, 0.2) is 12.6 Å². The number of carbonyl (C=O) groups excluding carboxylic acids is 1. The third kappa shape index (κ3) is 8.93. The fraction of sp³-hybridized carbons (Fsp3) is 0.381. The number of pyridine rings is 1. The first-order chi connectivity index (χ1) is 14.8. The Morgan fingerprint density at radius 2 is 1.94 bits per heavy atom. The van der Waals surface area contributed by atoms with Crippen LogP contribution in [0.1, 0.15) is 28.4 Å². The zero-order valence-electron chi connectivity index (χ0n) is 17.4. The molecular weight excluding hydrogens is 411 g/mol. The van der Waals surface area contributed by atoms with Gasteiger partial charge in [0, 0.05) is 37.6 Å². The van der Waals surface area contributed by atoms with E-state index in [1.54, 1.807) is 43.5 Å². The van der Waals surface area contributed by atoms with E-state index >= 15 is 0 Å². The molecule has 168 valence electrons. The molecule has 7 nitrogen and oxygen atoms in total. The molecule has 0 radical (unpaired) electrons. The van der Waals surface area contributed by atoms with Crippen molar-refractivity contribution in [2.24, 2.45) is 4.99 Å². The van der Waals surface area contributed by atoms with Crippen molar-refractivity contribution in [3.8, 4) is 5.75 Å². The summed E-state index contributed by atoms with van der Waals surface area (Å²) in [5.74, 6) is 0.393. The number of alkyl halides is 3. The van der Waals surface area contributed by atoms with Gasteiger partial charge in [-0.2, -0.15) is 13.2 Å². The number of aryl methyl sites for hydroxylation is 1. The zero-order chi connectivity index (χ0) is 22.7. The Balaban J connectivity index is 1.92. The van der Waals surface area contributed by atoms with Crippen molar-refractivity contribution in [3.63, 3.8) is 0 Å². The molecule has 0 aliphatic heterocycles. The average Bonchev–Trinajstić information content (AvgIpc) is 2.74. The van der Waals surface area contributed by atoms with Gasteiger partial charge in [-0.1, -0.05) is 12.1 Å². The van der Waals surface area contributed by atoms with Crippen LogP contribution in [0.2, 0.25) is 0 Å². The second-order valence-corrected chi connectivity index (χ2v) is 6.63. The van der Waals surface area contributed by atoms with E-state index in [0.717, 1.165) is 5.56 Å². The first-order valence-electron chi connectivity index (χ1n) is 9.78. The summed E-state index contributed by atoms with van der Waals surface area (Å²) in [6.07, 6.45) is -1.35. The molecule has 0 aliphatic carbocycles. The average molecular weight is 437 g/mol. The number of hydrogen-bond donors (Lipinski definition) is 3. The van der Waals surface area contributed by atoms with Crippen molar-refractivity contribution in [1.82, 2.24) is 20.9 Å². The van der Waals surface area contributed by atoms with E-state index in [0.29, 0.717) is 36.7 Å². The topological polar surface area (TPSA) is 87.6 Å². The molecule has 0 unspecified atom stereocenters. The van der Waals surface area contributed by atoms with Crippen molar-refractivity contribution in [2.75, 3.05) is 26.2 Å². The molecule has 1 aromatic heterocycles. The smallest absolute Gasteiger partial charge is 0.422 e. The fourth-order valence-electron chi connectivity index (χ4n) is 2.55. The number of aromatic nitrogens is 1. The summed E-state index contributed by atoms with van der Waals surface area (Å²) in [6.45, 7) is 3.79. The van der Waals surface area contributed by atoms with Crippen LogP contribution in [-0.2, 0) is 6.54 Å². The van der Waals surface area contributed by atoms with Crippen molar-refractivity contribution in [2.45, 2.75) is 26.6 Å². The summed E-state index contributed by atoms with van der Waals surface area (Å²) in [6, 6.07) is 8.40. The number of benzene rings is 1. The van der Waals surface area contributed by atoms with Crippen molar-refractivity contribution in [1.29, 1.82) is 0 Å². The van der Waals surface area contributed by atoms with Crippen LogP contribution in [0.3, 0.4) is 0 Å². The number of hydrogen-bond acceptors (Lipinski definition) is 4. The van der Waals surface area contributed by atoms with Crippen LogP contribution in [0.4, 0.5) is 13.2 Å². The van der Waals surface area contributed by atoms with Gasteiger partial charge < -0.3 is 20.7 Å². The van der Waals surface area contributed by atoms with Crippen LogP contribution in [0.25, 0.3) is 0 Å². The van der Waals surface area contributed by atoms with E-state index < -0.39 is 12.8 Å². The highest BCUT2D eigenvalue weighted by atomic mass is 19.4. The highest BCUT2D eigenvalue weighted by Gasteiger charge is 2.28. The van der Waals surface area contributed by atoms with E-state index in [-0.39, 0.29) is 18.2 Å². The molecule has 0 saturated carbocycles. The summed E-state index contributed by atoms with van der Waals surface area (Å²) < 4.78 is 42.5. The lowest BCUT2D eigenvalue weighted by Gasteiger charge is -2.14. The Kier molecular flexibility index (Phi) is 9.11. The van der Waals surface area contributed by atoms with Gasteiger partial charge in [-0.3, -0.25) is 9.78 Å². The van der Waals surface area contributed by atoms with Gasteiger partial charge in [-0.25, -0.2) is 4.99 Å². The van der Waals surface area contributed by atoms with Gasteiger partial charge >= 0.3 is 6.18 Å². The lowest BCUT2D eigenvalue weighted by Crippen LogP contribution is -2.41. The molecule has 1 amide bonds. The molecule has 0 fully saturated rings. The zero-order valence-corrected chi connectivity index (χ0v) is 17.4. The minimum absolute atomic E-state index is 0.130. The second kappa shape index (κ2) is 11.8. The molecule has 2 rings (SSSR count). The quantitative estimate of drug-likeness (QED) is 0.319. The van der Waals surface area contributed by atoms with Gasteiger partial charge in [-0.15, -0.1) is 0 Å². The SMILES string of the molecule is CCNC(=NCc1ccc(C)cc1OCC(F)(F)F)NCCNC(=O)c1cccnc1. The van der Waals surface area contributed by atoms with E-state index in [1.807, 2.05) is 6.92 Å². The predicted molar refractivity (Wildman–Crippen MR) is 112 cm³/mol. The van der Waals surface area contributed by atoms with Gasteiger partial charge in [-0.05, 0) is 37.6 Å². The monoisotopic (exact) mass is 437 g/mol. The molecular formula is C21H26F3N5O2. The maximum atomic E-state index is 12.5. The molecule has 1 aromatic carbocycles. The lowest BCUT2D eigenvalue weighted by molar-refractivity contribution is -0.153. The number of ether oxygens (including phenoxy) is 1. The third-order valence-corrected chi connectivity index (χ3v) is 3.99. The number of rotatable bonds is 9. The number of nitrogens with one attached hydrogen (secondary N) is 3. The first-order valence-corrected chi connectivity index (χ1v) is 9.78. The Morgan fingerprint density at radius 3 is 2.61 bits per heavy atom. The van der Waals surface area contributed by atoms with E-state index in [9.17, 15) is 18.0 Å². The van der Waals surface area contributed by atoms with Crippen LogP contribution in [-0.4, -0.2) is 49.3 Å². The van der Waals surface area contributed by atoms with Gasteiger partial charge in [0.05, 0.1) is 12.1 Å². The Labute approximate surface area is 179 Å². The minimum atomic E-state index is -4.42. The number of carbonyl (C=O) groups is 1. The molecule has 0 atom stereocenters. The van der Waals surface area contributed by atoms with E-state index in [2.05, 4.69) is 25.9 Å². The number of aliphatic imine (C=N–C) groups is 1. The Hall–Kier alpha value is -3.30. The first kappa shape index (κ1) is 24.0. The van der Waals surface area contributed by atoms with Crippen LogP contribution in [0.5, 0.6) is 5.75 Å². The summed E-state index contributed by atoms with van der Waals surface area (Å²) in [5.41, 5.74) is 1.80. The summed E-state index contributed by atoms with van der Waals surface area (Å²) in [4.78, 5) is 20.3. The van der Waals surface area contributed by atoms with Gasteiger partial charge in [0.2, 0.25) is 0 Å². The molecule has 2 aromatic rings. The van der Waals surface area contributed by atoms with Crippen LogP contribution in [0, 0.1) is 6.92 Å². The molecule has 1 heterocycles. The van der Waals surface area contributed by atoms with E-state index in [1.165, 1.54) is 6.20 Å². The third-order valence-electron chi connectivity index (χ3n) is 3.99. The predicted octanol–water partition coefficient (Wildman–Crippen LogP) is 2.82. The van der Waals surface area contributed by atoms with Crippen molar-refractivity contribution < 1.29 is 22.7 Å². The van der Waals surface area contributed by atoms with Crippen molar-refractivity contribution >= 4 is 11.9 Å². The summed E-state index contributed by atoms with van der Waals surface area (Å²) >= 11 is 0. The second-order valence-electron chi connectivity index (χ2n) is 6.63. The van der Waals surface area contributed by atoms with Crippen LogP contribution in [0.15, 0.2) is 47.7 Å². The maximum absolute atomic E-state index is 12.5. The Morgan fingerprint density at radius 1 is 1.16 bits per heavy atom. The number of guanidine groups is 1. The highest BCUT2D eigenvalue weighted by molar-refractivity contribution is 5.93. The van der Waals surface area contributed by atoms with E-state index in [4.69, 9.17) is 4.74 Å². The van der Waals surface area contributed by atoms with Crippen molar-refractivity contribution in [3.05, 3.63) is 59.4 Å². The molecule has 0 saturated heterocycles. The maximum Gasteiger partial charge on any atom is 0.422 e. The Bertz CT molecular complexity index is 873. The minimum Gasteiger partial charge on any atom is -0.484 e. The standard InChI is InChI=1S/C21H26F3N5O2/c1-3-26-20(28-10-9-27-19(30)17-5-4-8-25-12-17)29-13-16-7-6-15(2)11-18(16)31-14-21(22,23)24/h4-8,11-12H,3,9-10,13-14H2,1-2H3,(H,27,30)(H2,26,28,29). The summed E-state index contributed by atoms with van der Waals surface area (Å²) in [5, 5.41) is 8.89. The number of halogens is 3. The normalized spacial score (nSPS) is 11.7. The number of amides is 1. The van der Waals surface area contributed by atoms with Crippen LogP contribution < -0.4 is 20.7 Å². The molecule has 31 heavy (non-hydrogen) atoms. The molecule has 10 heteroatoms. The highest BCUT2D eigenvalue weighted by Crippen LogP contribution is 2.24. The number of nitrogens with zero attached hydrogens (tertiary/aromatic N) is 2. The van der Waals surface area contributed by atoms with Gasteiger partial charge in [0.1, 0.15) is 5.75 Å². The molecule has 0 spiro atoms. The van der Waals surface area contributed by atoms with Gasteiger partial charge in [0.25, 0.3) is 5.91 Å². The molecule has 0 bridgehead atoms. The summed E-state index contributed by atoms with van der Waals surface area (Å²) in [7, 11) is 0. The molecule has 3 N–H and O–H groups in total. The fourth-order valence-corrected chi connectivity index (χ4v) is 2.55. The lowest BCUT2D eigenvalue weighted by atomic mass is 10.1.